The Balaban J connectivity index is 1.85. The van der Waals surface area contributed by atoms with Gasteiger partial charge in [-0.25, -0.2) is 4.39 Å². The fraction of sp³-hybridized carbons (Fsp3) is 0.562. The molecule has 0 radical (unpaired) electrons. The summed E-state index contributed by atoms with van der Waals surface area (Å²) in [6.45, 7) is 4.59. The number of likely N-dealkylation sites (N-methyl/N-ethyl adjacent to an activating group) is 1. The van der Waals surface area contributed by atoms with Crippen molar-refractivity contribution in [2.24, 2.45) is 0 Å². The van der Waals surface area contributed by atoms with Crippen LogP contribution < -0.4 is 0 Å². The normalized spacial score (nSPS) is 17.4. The highest BCUT2D eigenvalue weighted by molar-refractivity contribution is 5.37. The van der Waals surface area contributed by atoms with Crippen molar-refractivity contribution in [3.05, 3.63) is 35.1 Å². The van der Waals surface area contributed by atoms with Crippen molar-refractivity contribution in [2.45, 2.75) is 12.6 Å². The average Bonchev–Trinajstić information content (AvgIpc) is 2.48. The third kappa shape index (κ3) is 5.04. The molecule has 0 bridgehead atoms. The molecule has 0 spiro atoms. The summed E-state index contributed by atoms with van der Waals surface area (Å²) in [4.78, 5) is 4.08. The zero-order valence-corrected chi connectivity index (χ0v) is 12.8. The van der Waals surface area contributed by atoms with Crippen LogP contribution in [0.5, 0.6) is 0 Å². The number of β-amino-alcohol motifs (C(OH)–C–C–N with tert-alkyl or cyclic N) is 1. The summed E-state index contributed by atoms with van der Waals surface area (Å²) in [5, 5.41) is 19.2. The molecule has 1 atom stereocenters. The molecule has 2 rings (SSSR count). The maximum Gasteiger partial charge on any atom is 0.123 e. The minimum Gasteiger partial charge on any atom is -0.390 e. The monoisotopic (exact) mass is 307 g/mol. The molecule has 0 aromatic heterocycles. The lowest BCUT2D eigenvalue weighted by Crippen LogP contribution is -2.44. The number of nitrogens with zero attached hydrogens (tertiary/aromatic N) is 3. The van der Waals surface area contributed by atoms with Gasteiger partial charge in [0, 0.05) is 32.7 Å². The van der Waals surface area contributed by atoms with Crippen molar-refractivity contribution in [1.82, 2.24) is 9.80 Å². The largest absolute Gasteiger partial charge is 0.390 e. The van der Waals surface area contributed by atoms with E-state index in [4.69, 9.17) is 10.00 Å². The fourth-order valence-corrected chi connectivity index (χ4v) is 2.66. The number of ether oxygens (including phenoxy) is 1. The molecule has 1 aromatic carbocycles. The smallest absolute Gasteiger partial charge is 0.123 e. The Hall–Kier alpha value is -1.52. The van der Waals surface area contributed by atoms with E-state index in [0.717, 1.165) is 13.1 Å². The van der Waals surface area contributed by atoms with Gasteiger partial charge in [-0.15, -0.1) is 0 Å². The van der Waals surface area contributed by atoms with Crippen molar-refractivity contribution in [3.63, 3.8) is 0 Å². The van der Waals surface area contributed by atoms with Gasteiger partial charge in [-0.05, 0) is 30.8 Å². The van der Waals surface area contributed by atoms with Crippen LogP contribution in [0.4, 0.5) is 4.39 Å². The van der Waals surface area contributed by atoms with Gasteiger partial charge >= 0.3 is 0 Å². The van der Waals surface area contributed by atoms with Gasteiger partial charge in [0.1, 0.15) is 5.82 Å². The molecule has 1 saturated heterocycles. The maximum atomic E-state index is 13.3. The van der Waals surface area contributed by atoms with Crippen molar-refractivity contribution < 1.29 is 14.2 Å². The summed E-state index contributed by atoms with van der Waals surface area (Å²) >= 11 is 0. The molecule has 1 aromatic rings. The van der Waals surface area contributed by atoms with E-state index in [1.807, 2.05) is 11.9 Å². The third-order valence-corrected chi connectivity index (χ3v) is 3.72. The second-order valence-electron chi connectivity index (χ2n) is 5.68. The van der Waals surface area contributed by atoms with E-state index in [1.165, 1.54) is 18.2 Å². The minimum absolute atomic E-state index is 0.351. The molecule has 1 aliphatic rings. The first-order valence-electron chi connectivity index (χ1n) is 7.43. The highest BCUT2D eigenvalue weighted by atomic mass is 19.1. The first kappa shape index (κ1) is 16.8. The van der Waals surface area contributed by atoms with Gasteiger partial charge in [-0.1, -0.05) is 0 Å². The zero-order chi connectivity index (χ0) is 15.9. The number of hydrogen-bond donors (Lipinski definition) is 1. The van der Waals surface area contributed by atoms with Gasteiger partial charge in [0.05, 0.1) is 31.0 Å². The highest BCUT2D eigenvalue weighted by Gasteiger charge is 2.17. The van der Waals surface area contributed by atoms with Crippen LogP contribution in [0.2, 0.25) is 0 Å². The lowest BCUT2D eigenvalue weighted by atomic mass is 10.1. The molecule has 1 aliphatic heterocycles. The van der Waals surface area contributed by atoms with Crippen LogP contribution in [0.3, 0.4) is 0 Å². The molecule has 0 amide bonds. The molecule has 1 fully saturated rings. The van der Waals surface area contributed by atoms with Crippen LogP contribution >= 0.6 is 0 Å². The lowest BCUT2D eigenvalue weighted by Gasteiger charge is -2.30. The van der Waals surface area contributed by atoms with Crippen LogP contribution in [0.1, 0.15) is 11.1 Å². The summed E-state index contributed by atoms with van der Waals surface area (Å²) in [6, 6.07) is 6.22. The van der Waals surface area contributed by atoms with E-state index in [2.05, 4.69) is 11.0 Å². The van der Waals surface area contributed by atoms with Crippen molar-refractivity contribution in [1.29, 1.82) is 5.26 Å². The number of morpholine rings is 1. The topological polar surface area (TPSA) is 59.7 Å². The van der Waals surface area contributed by atoms with Crippen LogP contribution in [0.25, 0.3) is 0 Å². The summed E-state index contributed by atoms with van der Waals surface area (Å²) in [7, 11) is 1.86. The van der Waals surface area contributed by atoms with Crippen molar-refractivity contribution in [3.8, 4) is 6.07 Å². The van der Waals surface area contributed by atoms with Crippen LogP contribution in [-0.4, -0.2) is 67.5 Å². The van der Waals surface area contributed by atoms with Crippen molar-refractivity contribution in [2.75, 3.05) is 46.4 Å². The number of hydrogen-bond acceptors (Lipinski definition) is 5. The van der Waals surface area contributed by atoms with Crippen LogP contribution in [0, 0.1) is 17.1 Å². The lowest BCUT2D eigenvalue weighted by molar-refractivity contribution is 0.00824. The highest BCUT2D eigenvalue weighted by Crippen LogP contribution is 2.13. The van der Waals surface area contributed by atoms with Gasteiger partial charge in [0.15, 0.2) is 0 Å². The number of halogens is 1. The Kier molecular flexibility index (Phi) is 6.28. The molecule has 22 heavy (non-hydrogen) atoms. The van der Waals surface area contributed by atoms with E-state index in [0.29, 0.717) is 44.0 Å². The fourth-order valence-electron chi connectivity index (χ4n) is 2.66. The molecule has 1 unspecified atom stereocenters. The summed E-state index contributed by atoms with van der Waals surface area (Å²) in [5.41, 5.74) is 1.11. The van der Waals surface area contributed by atoms with E-state index >= 15 is 0 Å². The zero-order valence-electron chi connectivity index (χ0n) is 12.8. The molecule has 1 N–H and O–H groups in total. The van der Waals surface area contributed by atoms with E-state index in [-0.39, 0.29) is 5.82 Å². The molecule has 120 valence electrons. The second kappa shape index (κ2) is 8.20. The van der Waals surface area contributed by atoms with Gasteiger partial charge < -0.3 is 9.84 Å². The van der Waals surface area contributed by atoms with Gasteiger partial charge in [0.2, 0.25) is 0 Å². The number of aliphatic hydroxyl groups is 1. The summed E-state index contributed by atoms with van der Waals surface area (Å²) < 4.78 is 18.6. The summed E-state index contributed by atoms with van der Waals surface area (Å²) in [5.74, 6) is -0.351. The predicted octanol–water partition coefficient (Wildman–Crippen LogP) is 0.822. The SMILES string of the molecule is CN(Cc1cc(F)ccc1C#N)CC(O)CN1CCOCC1. The van der Waals surface area contributed by atoms with Crippen LogP contribution in [0.15, 0.2) is 18.2 Å². The van der Waals surface area contributed by atoms with E-state index < -0.39 is 6.10 Å². The van der Waals surface area contributed by atoms with Crippen molar-refractivity contribution >= 4 is 0 Å². The second-order valence-corrected chi connectivity index (χ2v) is 5.68. The number of benzene rings is 1. The average molecular weight is 307 g/mol. The standard InChI is InChI=1S/C16H22FN3O2/c1-19(10-14-8-15(17)3-2-13(14)9-18)11-16(21)12-20-4-6-22-7-5-20/h2-3,8,16,21H,4-7,10-12H2,1H3. The molecule has 6 heteroatoms. The Morgan fingerprint density at radius 2 is 2.18 bits per heavy atom. The van der Waals surface area contributed by atoms with Gasteiger partial charge in [-0.3, -0.25) is 9.80 Å². The summed E-state index contributed by atoms with van der Waals surface area (Å²) in [6.07, 6.45) is -0.484. The molecule has 0 saturated carbocycles. The molecular formula is C16H22FN3O2. The maximum absolute atomic E-state index is 13.3. The molecule has 1 heterocycles. The predicted molar refractivity (Wildman–Crippen MR) is 80.7 cm³/mol. The molecular weight excluding hydrogens is 285 g/mol. The van der Waals surface area contributed by atoms with Crippen LogP contribution in [-0.2, 0) is 11.3 Å². The Labute approximate surface area is 130 Å². The van der Waals surface area contributed by atoms with E-state index in [1.54, 1.807) is 0 Å². The first-order chi connectivity index (χ1) is 10.6. The minimum atomic E-state index is -0.484. The van der Waals surface area contributed by atoms with Gasteiger partial charge in [-0.2, -0.15) is 5.26 Å². The number of nitriles is 1. The van der Waals surface area contributed by atoms with E-state index in [9.17, 15) is 9.50 Å². The Bertz CT molecular complexity index is 527. The Morgan fingerprint density at radius 1 is 1.45 bits per heavy atom. The number of rotatable bonds is 6. The number of aliphatic hydroxyl groups excluding tert-OH is 1. The third-order valence-electron chi connectivity index (χ3n) is 3.72. The molecule has 0 aliphatic carbocycles. The van der Waals surface area contributed by atoms with Gasteiger partial charge in [0.25, 0.3) is 0 Å². The molecule has 5 nitrogen and oxygen atoms in total. The Morgan fingerprint density at radius 3 is 2.86 bits per heavy atom. The first-order valence-corrected chi connectivity index (χ1v) is 7.43. The quantitative estimate of drug-likeness (QED) is 0.843.